The largest absolute Gasteiger partial charge is 1.00 e. The molecule has 0 unspecified atom stereocenters. The molecule has 0 saturated heterocycles. The Bertz CT molecular complexity index is 285. The molecule has 2 rings (SSSR count). The molecule has 0 bridgehead atoms. The van der Waals surface area contributed by atoms with E-state index in [1.807, 2.05) is 47.6 Å². The van der Waals surface area contributed by atoms with Gasteiger partial charge < -0.3 is 48.0 Å². The van der Waals surface area contributed by atoms with E-state index in [0.717, 1.165) is 0 Å². The maximum absolute atomic E-state index is 5.49. The van der Waals surface area contributed by atoms with Crippen molar-refractivity contribution in [1.29, 1.82) is 0 Å². The molecule has 2 aromatic heterocycles. The van der Waals surface area contributed by atoms with Gasteiger partial charge in [0.05, 0.1) is 0 Å². The summed E-state index contributed by atoms with van der Waals surface area (Å²) >= 11 is 5.49. The molecule has 84 valence electrons. The van der Waals surface area contributed by atoms with Crippen molar-refractivity contribution < 1.29 is 57.5 Å². The second-order valence-electron chi connectivity index (χ2n) is 2.32. The number of hydrogen-bond acceptors (Lipinski definition) is 0. The fourth-order valence-corrected chi connectivity index (χ4v) is 0.914. The zero-order valence-electron chi connectivity index (χ0n) is 7.91. The molecule has 0 aromatic carbocycles. The number of nitrogens with one attached hydrogen (secondary N) is 2. The Balaban J connectivity index is 0. The molecule has 0 aliphatic rings. The second-order valence-corrected chi connectivity index (χ2v) is 2.56. The SMILES string of the molecule is ClC[n+]1ccccc1.[I-].[I-].c1c[nH+]c[nH]1. The lowest BCUT2D eigenvalue weighted by atomic mass is 10.5. The normalized spacial score (nSPS) is 7.53. The minimum Gasteiger partial charge on any atom is -1.00 e. The Morgan fingerprint density at radius 2 is 1.80 bits per heavy atom. The van der Waals surface area contributed by atoms with Crippen LogP contribution in [0.4, 0.5) is 0 Å². The zero-order chi connectivity index (χ0) is 9.36. The van der Waals surface area contributed by atoms with Crippen LogP contribution in [-0.2, 0) is 6.00 Å². The van der Waals surface area contributed by atoms with Gasteiger partial charge in [-0.25, -0.2) is 0 Å². The van der Waals surface area contributed by atoms with Crippen LogP contribution in [0.5, 0.6) is 0 Å². The molecule has 0 atom stereocenters. The lowest BCUT2D eigenvalue weighted by Gasteiger charge is -1.83. The second kappa shape index (κ2) is 12.2. The number of aromatic nitrogens is 3. The number of nitrogens with zero attached hydrogens (tertiary/aromatic N) is 1. The maximum Gasteiger partial charge on any atom is 0.239 e. The van der Waals surface area contributed by atoms with E-state index in [-0.39, 0.29) is 48.0 Å². The highest BCUT2D eigenvalue weighted by atomic mass is 127. The standard InChI is InChI=1S/C6H7ClN.C3H4N2.2HI/c7-6-8-4-2-1-3-5-8;1-2-5-3-4-1;;/h1-5H,6H2;1-3H,(H,4,5);2*1H/q+1;;;/p-1. The molecule has 2 heterocycles. The molecule has 0 aliphatic carbocycles. The summed E-state index contributed by atoms with van der Waals surface area (Å²) in [6.45, 7) is 0. The van der Waals surface area contributed by atoms with E-state index in [2.05, 4.69) is 9.97 Å². The first-order valence-corrected chi connectivity index (χ1v) is 4.46. The summed E-state index contributed by atoms with van der Waals surface area (Å²) in [6.07, 6.45) is 9.24. The monoisotopic (exact) mass is 451 g/mol. The van der Waals surface area contributed by atoms with Gasteiger partial charge in [0, 0.05) is 12.1 Å². The first-order valence-electron chi connectivity index (χ1n) is 3.92. The van der Waals surface area contributed by atoms with Crippen molar-refractivity contribution in [2.45, 2.75) is 6.00 Å². The molecule has 0 spiro atoms. The van der Waals surface area contributed by atoms with Crippen LogP contribution in [0.15, 0.2) is 49.3 Å². The van der Waals surface area contributed by atoms with E-state index in [0.29, 0.717) is 6.00 Å². The van der Waals surface area contributed by atoms with Crippen LogP contribution in [0.2, 0.25) is 0 Å². The van der Waals surface area contributed by atoms with Gasteiger partial charge >= 0.3 is 0 Å². The Hall–Kier alpha value is 0.110. The number of hydrogen-bond donors (Lipinski definition) is 1. The highest BCUT2D eigenvalue weighted by molar-refractivity contribution is 6.14. The summed E-state index contributed by atoms with van der Waals surface area (Å²) in [4.78, 5) is 5.61. The summed E-state index contributed by atoms with van der Waals surface area (Å²) in [5.74, 6) is 0. The first-order chi connectivity index (χ1) is 6.43. The number of aromatic amines is 2. The van der Waals surface area contributed by atoms with Crippen LogP contribution in [0, 0.1) is 0 Å². The van der Waals surface area contributed by atoms with Crippen LogP contribution in [0.3, 0.4) is 0 Å². The highest BCUT2D eigenvalue weighted by Gasteiger charge is 1.88. The molecular formula is C9H12ClI2N3. The first kappa shape index (κ1) is 17.5. The van der Waals surface area contributed by atoms with E-state index >= 15 is 0 Å². The Labute approximate surface area is 128 Å². The van der Waals surface area contributed by atoms with Crippen LogP contribution >= 0.6 is 11.6 Å². The molecule has 0 fully saturated rings. The fraction of sp³-hybridized carbons (Fsp3) is 0.111. The minimum absolute atomic E-state index is 0. The summed E-state index contributed by atoms with van der Waals surface area (Å²) in [5.41, 5.74) is 0. The van der Waals surface area contributed by atoms with Gasteiger partial charge in [0.1, 0.15) is 12.4 Å². The Kier molecular flexibility index (Phi) is 14.2. The smallest absolute Gasteiger partial charge is 0.239 e. The predicted molar refractivity (Wildman–Crippen MR) is 49.8 cm³/mol. The maximum atomic E-state index is 5.49. The quantitative estimate of drug-likeness (QED) is 0.256. The molecule has 6 heteroatoms. The van der Waals surface area contributed by atoms with Crippen LogP contribution in [0.1, 0.15) is 0 Å². The van der Waals surface area contributed by atoms with Crippen molar-refractivity contribution in [2.75, 3.05) is 0 Å². The van der Waals surface area contributed by atoms with Crippen molar-refractivity contribution in [2.24, 2.45) is 0 Å². The van der Waals surface area contributed by atoms with Crippen LogP contribution in [0.25, 0.3) is 0 Å². The van der Waals surface area contributed by atoms with E-state index in [9.17, 15) is 0 Å². The van der Waals surface area contributed by atoms with Crippen molar-refractivity contribution in [1.82, 2.24) is 4.98 Å². The molecule has 0 radical (unpaired) electrons. The number of H-pyrrole nitrogens is 2. The number of halogens is 3. The van der Waals surface area contributed by atoms with Crippen LogP contribution in [-0.4, -0.2) is 4.98 Å². The van der Waals surface area contributed by atoms with E-state index in [1.165, 1.54) is 0 Å². The lowest BCUT2D eigenvalue weighted by Crippen LogP contribution is -3.00. The fourth-order valence-electron chi connectivity index (χ4n) is 0.755. The molecule has 2 aromatic rings. The summed E-state index contributed by atoms with van der Waals surface area (Å²) in [6, 6.07) is 6.38. The number of pyridine rings is 1. The van der Waals surface area contributed by atoms with Crippen molar-refractivity contribution in [3.05, 3.63) is 49.3 Å². The molecule has 3 nitrogen and oxygen atoms in total. The third-order valence-electron chi connectivity index (χ3n) is 1.36. The molecule has 0 saturated carbocycles. The molecule has 0 aliphatic heterocycles. The van der Waals surface area contributed by atoms with E-state index in [1.54, 1.807) is 6.33 Å². The highest BCUT2D eigenvalue weighted by Crippen LogP contribution is 1.77. The Morgan fingerprint density at radius 3 is 2.07 bits per heavy atom. The topological polar surface area (TPSA) is 33.8 Å². The number of rotatable bonds is 1. The van der Waals surface area contributed by atoms with Crippen molar-refractivity contribution in [3.8, 4) is 0 Å². The van der Waals surface area contributed by atoms with Gasteiger partial charge in [-0.05, 0) is 0 Å². The number of imidazole rings is 1. The Morgan fingerprint density at radius 1 is 1.13 bits per heavy atom. The minimum atomic E-state index is 0. The summed E-state index contributed by atoms with van der Waals surface area (Å²) in [5, 5.41) is 0. The van der Waals surface area contributed by atoms with Gasteiger partial charge in [0.25, 0.3) is 0 Å². The van der Waals surface area contributed by atoms with Gasteiger partial charge in [-0.1, -0.05) is 17.7 Å². The predicted octanol–water partition coefficient (Wildman–Crippen LogP) is -4.99. The van der Waals surface area contributed by atoms with Crippen molar-refractivity contribution >= 4 is 11.6 Å². The third-order valence-corrected chi connectivity index (χ3v) is 1.63. The molecular weight excluding hydrogens is 439 g/mol. The molecule has 0 amide bonds. The zero-order valence-corrected chi connectivity index (χ0v) is 13.0. The summed E-state index contributed by atoms with van der Waals surface area (Å²) < 4.78 is 1.89. The average Bonchev–Trinajstić information content (AvgIpc) is 2.77. The van der Waals surface area contributed by atoms with Gasteiger partial charge in [-0.2, -0.15) is 4.57 Å². The van der Waals surface area contributed by atoms with Crippen LogP contribution < -0.4 is 57.5 Å². The van der Waals surface area contributed by atoms with Crippen molar-refractivity contribution in [3.63, 3.8) is 0 Å². The van der Waals surface area contributed by atoms with E-state index < -0.39 is 0 Å². The van der Waals surface area contributed by atoms with Gasteiger partial charge in [0.2, 0.25) is 12.3 Å². The average molecular weight is 451 g/mol. The summed E-state index contributed by atoms with van der Waals surface area (Å²) in [7, 11) is 0. The molecule has 15 heavy (non-hydrogen) atoms. The molecule has 2 N–H and O–H groups in total. The van der Waals surface area contributed by atoms with E-state index in [4.69, 9.17) is 11.6 Å². The van der Waals surface area contributed by atoms with Gasteiger partial charge in [-0.15, -0.1) is 0 Å². The van der Waals surface area contributed by atoms with Gasteiger partial charge in [-0.3, -0.25) is 9.97 Å². The van der Waals surface area contributed by atoms with Gasteiger partial charge in [0.15, 0.2) is 12.4 Å². The lowest BCUT2D eigenvalue weighted by molar-refractivity contribution is -0.678. The number of alkyl halides is 1. The third kappa shape index (κ3) is 9.06.